The molecule has 322 valence electrons. The van der Waals surface area contributed by atoms with E-state index in [0.717, 1.165) is 39.0 Å². The summed E-state index contributed by atoms with van der Waals surface area (Å²) in [5, 5.41) is 4.75. The van der Waals surface area contributed by atoms with Gasteiger partial charge in [-0.05, 0) is 107 Å². The molecule has 0 spiro atoms. The highest BCUT2D eigenvalue weighted by atomic mass is 14.9. The summed E-state index contributed by atoms with van der Waals surface area (Å²) in [5.74, 6) is 0.698. The monoisotopic (exact) mass is 876 g/mol. The van der Waals surface area contributed by atoms with Gasteiger partial charge in [0.15, 0.2) is 5.82 Å². The molecule has 0 unspecified atom stereocenters. The van der Waals surface area contributed by atoms with Gasteiger partial charge in [0.05, 0.1) is 16.8 Å². The number of fused-ring (bicyclic) bond motifs is 5. The van der Waals surface area contributed by atoms with E-state index in [9.17, 15) is 0 Å². The molecule has 0 N–H and O–H groups in total. The first kappa shape index (κ1) is 40.3. The molecular weight excluding hydrogens is 833 g/mol. The number of hydrogen-bond acceptors (Lipinski definition) is 2. The molecule has 12 aromatic rings. The van der Waals surface area contributed by atoms with E-state index in [1.807, 2.05) is 18.2 Å². The standard InChI is InChI=1S/C67H44N2/c1-5-20-45(21-6-1)47-24-19-25-49(42-47)64-44-65(69-66(68-64)46-22-7-2-8-23-46)60-40-39-58(55-32-15-16-33-56(55)60)57-38-37-52(53-30-13-14-31-54(53)57)48-36-41-63-61(43-48)59-34-17-18-35-62(59)67(63,50-26-9-3-10-27-50)51-28-11-4-12-29-51/h1-44H. The molecule has 0 amide bonds. The Morgan fingerprint density at radius 3 is 1.35 bits per heavy atom. The number of hydrogen-bond donors (Lipinski definition) is 0. The lowest BCUT2D eigenvalue weighted by Crippen LogP contribution is -2.28. The molecular formula is C67H44N2. The molecule has 0 saturated carbocycles. The van der Waals surface area contributed by atoms with Gasteiger partial charge in [0.25, 0.3) is 0 Å². The summed E-state index contributed by atoms with van der Waals surface area (Å²) in [4.78, 5) is 10.5. The summed E-state index contributed by atoms with van der Waals surface area (Å²) >= 11 is 0. The Balaban J connectivity index is 0.945. The molecule has 13 rings (SSSR count). The zero-order valence-electron chi connectivity index (χ0n) is 37.8. The largest absolute Gasteiger partial charge is 0.228 e. The van der Waals surface area contributed by atoms with Crippen molar-refractivity contribution in [2.24, 2.45) is 0 Å². The van der Waals surface area contributed by atoms with E-state index in [-0.39, 0.29) is 0 Å². The Kier molecular flexibility index (Phi) is 9.77. The Hall–Kier alpha value is -8.98. The van der Waals surface area contributed by atoms with Gasteiger partial charge in [-0.1, -0.05) is 249 Å². The van der Waals surface area contributed by atoms with Crippen molar-refractivity contribution in [2.45, 2.75) is 5.41 Å². The van der Waals surface area contributed by atoms with Crippen molar-refractivity contribution >= 4 is 21.5 Å². The lowest BCUT2D eigenvalue weighted by atomic mass is 9.67. The van der Waals surface area contributed by atoms with Crippen LogP contribution in [-0.4, -0.2) is 9.97 Å². The first-order valence-electron chi connectivity index (χ1n) is 23.7. The van der Waals surface area contributed by atoms with Crippen molar-refractivity contribution in [2.75, 3.05) is 0 Å². The van der Waals surface area contributed by atoms with Crippen LogP contribution in [0.4, 0.5) is 0 Å². The molecule has 0 fully saturated rings. The zero-order valence-corrected chi connectivity index (χ0v) is 37.8. The second-order valence-corrected chi connectivity index (χ2v) is 18.0. The minimum atomic E-state index is -0.434. The van der Waals surface area contributed by atoms with Crippen LogP contribution in [0.5, 0.6) is 0 Å². The van der Waals surface area contributed by atoms with Crippen molar-refractivity contribution in [3.8, 4) is 78.4 Å². The van der Waals surface area contributed by atoms with E-state index in [0.29, 0.717) is 5.82 Å². The first-order chi connectivity index (χ1) is 34.2. The SMILES string of the molecule is c1ccc(-c2cccc(-c3cc(-c4ccc(-c5ccc(-c6ccc7c(c6)-c6ccccc6C7(c6ccccc6)c6ccccc6)c6ccccc56)c5ccccc45)nc(-c4ccccc4)n3)c2)cc1. The van der Waals surface area contributed by atoms with E-state index in [2.05, 4.69) is 249 Å². The third-order valence-corrected chi connectivity index (χ3v) is 14.2. The van der Waals surface area contributed by atoms with Crippen LogP contribution in [0.3, 0.4) is 0 Å². The maximum atomic E-state index is 5.30. The van der Waals surface area contributed by atoms with Gasteiger partial charge in [-0.2, -0.15) is 0 Å². The Bertz CT molecular complexity index is 3840. The Labute approximate surface area is 402 Å². The molecule has 1 heterocycles. The predicted octanol–water partition coefficient (Wildman–Crippen LogP) is 17.1. The summed E-state index contributed by atoms with van der Waals surface area (Å²) < 4.78 is 0. The number of rotatable bonds is 8. The van der Waals surface area contributed by atoms with Gasteiger partial charge in [0, 0.05) is 16.7 Å². The second kappa shape index (κ2) is 16.7. The third kappa shape index (κ3) is 6.72. The second-order valence-electron chi connectivity index (χ2n) is 18.0. The van der Waals surface area contributed by atoms with Crippen LogP contribution in [-0.2, 0) is 5.41 Å². The van der Waals surface area contributed by atoms with Crippen molar-refractivity contribution in [3.05, 3.63) is 289 Å². The van der Waals surface area contributed by atoms with Gasteiger partial charge >= 0.3 is 0 Å². The van der Waals surface area contributed by atoms with Crippen molar-refractivity contribution in [1.82, 2.24) is 9.97 Å². The van der Waals surface area contributed by atoms with Crippen LogP contribution in [0.25, 0.3) is 100.0 Å². The molecule has 2 heteroatoms. The first-order valence-corrected chi connectivity index (χ1v) is 23.7. The fraction of sp³-hybridized carbons (Fsp3) is 0.0149. The van der Waals surface area contributed by atoms with Crippen LogP contribution >= 0.6 is 0 Å². The lowest BCUT2D eigenvalue weighted by Gasteiger charge is -2.33. The molecule has 1 aliphatic carbocycles. The van der Waals surface area contributed by atoms with Crippen molar-refractivity contribution in [3.63, 3.8) is 0 Å². The molecule has 0 atom stereocenters. The molecule has 1 aromatic heterocycles. The fourth-order valence-corrected chi connectivity index (χ4v) is 11.1. The van der Waals surface area contributed by atoms with Gasteiger partial charge in [-0.3, -0.25) is 0 Å². The molecule has 0 bridgehead atoms. The summed E-state index contributed by atoms with van der Waals surface area (Å²) in [6.45, 7) is 0. The van der Waals surface area contributed by atoms with Gasteiger partial charge in [-0.25, -0.2) is 9.97 Å². The Morgan fingerprint density at radius 1 is 0.232 bits per heavy atom. The minimum absolute atomic E-state index is 0.434. The summed E-state index contributed by atoms with van der Waals surface area (Å²) in [5.41, 5.74) is 19.3. The van der Waals surface area contributed by atoms with E-state index in [1.165, 1.54) is 77.4 Å². The van der Waals surface area contributed by atoms with Gasteiger partial charge in [0.1, 0.15) is 0 Å². The normalized spacial score (nSPS) is 12.5. The van der Waals surface area contributed by atoms with Crippen LogP contribution in [0.15, 0.2) is 267 Å². The average Bonchev–Trinajstić information content (AvgIpc) is 3.74. The van der Waals surface area contributed by atoms with Crippen LogP contribution in [0, 0.1) is 0 Å². The maximum Gasteiger partial charge on any atom is 0.160 e. The summed E-state index contributed by atoms with van der Waals surface area (Å²) in [6, 6.07) is 96.7. The Morgan fingerprint density at radius 2 is 0.696 bits per heavy atom. The quantitative estimate of drug-likeness (QED) is 0.152. The summed E-state index contributed by atoms with van der Waals surface area (Å²) in [7, 11) is 0. The smallest absolute Gasteiger partial charge is 0.160 e. The summed E-state index contributed by atoms with van der Waals surface area (Å²) in [6.07, 6.45) is 0. The highest BCUT2D eigenvalue weighted by Crippen LogP contribution is 2.57. The third-order valence-electron chi connectivity index (χ3n) is 14.2. The van der Waals surface area contributed by atoms with Crippen LogP contribution in [0.2, 0.25) is 0 Å². The van der Waals surface area contributed by atoms with E-state index in [4.69, 9.17) is 9.97 Å². The number of aromatic nitrogens is 2. The van der Waals surface area contributed by atoms with Crippen molar-refractivity contribution < 1.29 is 0 Å². The topological polar surface area (TPSA) is 25.8 Å². The molecule has 2 nitrogen and oxygen atoms in total. The highest BCUT2D eigenvalue weighted by molar-refractivity contribution is 6.12. The van der Waals surface area contributed by atoms with E-state index in [1.54, 1.807) is 0 Å². The van der Waals surface area contributed by atoms with Crippen LogP contribution < -0.4 is 0 Å². The number of nitrogens with zero attached hydrogens (tertiary/aromatic N) is 2. The number of benzene rings is 11. The predicted molar refractivity (Wildman–Crippen MR) is 287 cm³/mol. The molecule has 0 aliphatic heterocycles. The van der Waals surface area contributed by atoms with Gasteiger partial charge < -0.3 is 0 Å². The van der Waals surface area contributed by atoms with Gasteiger partial charge in [0.2, 0.25) is 0 Å². The lowest BCUT2D eigenvalue weighted by molar-refractivity contribution is 0.768. The molecule has 11 aromatic carbocycles. The molecule has 69 heavy (non-hydrogen) atoms. The average molecular weight is 877 g/mol. The van der Waals surface area contributed by atoms with Crippen LogP contribution in [0.1, 0.15) is 22.3 Å². The molecule has 1 aliphatic rings. The maximum absolute atomic E-state index is 5.30. The highest BCUT2D eigenvalue weighted by Gasteiger charge is 2.46. The van der Waals surface area contributed by atoms with E-state index >= 15 is 0 Å². The molecule has 0 saturated heterocycles. The fourth-order valence-electron chi connectivity index (χ4n) is 11.1. The van der Waals surface area contributed by atoms with Crippen molar-refractivity contribution in [1.29, 1.82) is 0 Å². The van der Waals surface area contributed by atoms with E-state index < -0.39 is 5.41 Å². The minimum Gasteiger partial charge on any atom is -0.228 e. The van der Waals surface area contributed by atoms with Gasteiger partial charge in [-0.15, -0.1) is 0 Å². The molecule has 0 radical (unpaired) electrons. The zero-order chi connectivity index (χ0) is 45.7.